The fraction of sp³-hybridized carbons (Fsp3) is 0.522. The van der Waals surface area contributed by atoms with Crippen molar-refractivity contribution < 1.29 is 9.59 Å². The second-order valence-corrected chi connectivity index (χ2v) is 20.4. The minimum absolute atomic E-state index is 0.00423. The van der Waals surface area contributed by atoms with Gasteiger partial charge in [-0.25, -0.2) is 0 Å². The molecule has 2 amide bonds. The Morgan fingerprint density at radius 2 is 0.907 bits per heavy atom. The summed E-state index contributed by atoms with van der Waals surface area (Å²) < 4.78 is 0. The summed E-state index contributed by atoms with van der Waals surface area (Å²) in [5.41, 5.74) is 5.57. The van der Waals surface area contributed by atoms with Crippen LogP contribution in [0.1, 0.15) is 149 Å². The van der Waals surface area contributed by atoms with Gasteiger partial charge in [0.15, 0.2) is 0 Å². The first kappa shape index (κ1) is 40.9. The second kappa shape index (κ2) is 17.6. The van der Waals surface area contributed by atoms with E-state index in [0.29, 0.717) is 47.9 Å². The molecule has 0 fully saturated rings. The molecule has 290 valence electrons. The number of thiophene rings is 4. The fourth-order valence-corrected chi connectivity index (χ4v) is 12.8. The highest BCUT2D eigenvalue weighted by atomic mass is 32.1. The maximum Gasteiger partial charge on any atom is 0.261 e. The molecule has 0 saturated heterocycles. The number of hydrogen-bond donors (Lipinski definition) is 0. The Labute approximate surface area is 341 Å². The average molecular weight is 801 g/mol. The molecule has 0 radical (unpaired) electrons. The van der Waals surface area contributed by atoms with Crippen LogP contribution in [0.25, 0.3) is 30.9 Å². The molecule has 54 heavy (non-hydrogen) atoms. The first-order valence-electron chi connectivity index (χ1n) is 20.5. The van der Waals surface area contributed by atoms with Crippen molar-refractivity contribution in [1.29, 1.82) is 0 Å². The monoisotopic (exact) mass is 800 g/mol. The van der Waals surface area contributed by atoms with E-state index in [9.17, 15) is 0 Å². The number of carbonyl (C=O) groups excluding carboxylic acids is 2. The van der Waals surface area contributed by atoms with E-state index in [-0.39, 0.29) is 11.8 Å². The van der Waals surface area contributed by atoms with E-state index < -0.39 is 0 Å². The van der Waals surface area contributed by atoms with Gasteiger partial charge in [0, 0.05) is 42.4 Å². The lowest BCUT2D eigenvalue weighted by Crippen LogP contribution is -2.34. The van der Waals surface area contributed by atoms with Crippen molar-refractivity contribution in [1.82, 2.24) is 9.80 Å². The minimum Gasteiger partial charge on any atom is -0.306 e. The Balaban J connectivity index is 1.52. The second-order valence-electron chi connectivity index (χ2n) is 16.1. The largest absolute Gasteiger partial charge is 0.306 e. The van der Waals surface area contributed by atoms with Crippen LogP contribution in [0.4, 0.5) is 0 Å². The Kier molecular flexibility index (Phi) is 13.3. The minimum atomic E-state index is -0.00423. The van der Waals surface area contributed by atoms with Gasteiger partial charge in [0.1, 0.15) is 0 Å². The zero-order valence-electron chi connectivity index (χ0n) is 34.2. The molecule has 4 aromatic rings. The number of rotatable bonds is 18. The van der Waals surface area contributed by atoms with Crippen molar-refractivity contribution in [2.24, 2.45) is 11.8 Å². The highest BCUT2D eigenvalue weighted by molar-refractivity contribution is 7.23. The average Bonchev–Trinajstić information content (AvgIpc) is 4.00. The molecule has 2 aliphatic heterocycles. The Hall–Kier alpha value is -2.78. The Morgan fingerprint density at radius 1 is 0.537 bits per heavy atom. The van der Waals surface area contributed by atoms with Crippen LogP contribution >= 0.6 is 45.3 Å². The van der Waals surface area contributed by atoms with Gasteiger partial charge >= 0.3 is 0 Å². The zero-order chi connectivity index (χ0) is 38.8. The van der Waals surface area contributed by atoms with Crippen molar-refractivity contribution >= 4 is 68.6 Å². The third kappa shape index (κ3) is 8.05. The van der Waals surface area contributed by atoms with E-state index in [1.54, 1.807) is 22.7 Å². The number of nitrogens with zero attached hydrogens (tertiary/aromatic N) is 2. The van der Waals surface area contributed by atoms with Gasteiger partial charge in [0.2, 0.25) is 0 Å². The van der Waals surface area contributed by atoms with E-state index in [4.69, 9.17) is 0 Å². The standard InChI is InChI=1S/C46H60N2O2S4/c1-11-15-17-31(13-3)25-47-41(35-21-19-33(51-35)37-23-29(9)43(53-37)27(5)6)39-40(45(47)49)42(48(46(39)50)26-32(14-4)18-16-12-2)36-22-20-34(52-36)38-24-30(10)44(54-38)28(7)8/h19-24,27-28,31-32H,11-18,25-26H2,1-10H3. The van der Waals surface area contributed by atoms with Crippen molar-refractivity contribution in [3.63, 3.8) is 0 Å². The van der Waals surface area contributed by atoms with Crippen molar-refractivity contribution in [2.45, 2.75) is 132 Å². The lowest BCUT2D eigenvalue weighted by molar-refractivity contribution is -0.124. The summed E-state index contributed by atoms with van der Waals surface area (Å²) >= 11 is 7.20. The third-order valence-corrected chi connectivity index (χ3v) is 16.9. The van der Waals surface area contributed by atoms with Gasteiger partial charge in [-0.15, -0.1) is 45.3 Å². The highest BCUT2D eigenvalue weighted by Gasteiger charge is 2.50. The maximum atomic E-state index is 15.2. The van der Waals surface area contributed by atoms with Crippen LogP contribution in [0, 0.1) is 25.7 Å². The molecule has 0 aromatic carbocycles. The van der Waals surface area contributed by atoms with Gasteiger partial charge in [-0.05, 0) is 97.9 Å². The molecule has 4 nitrogen and oxygen atoms in total. The topological polar surface area (TPSA) is 40.6 Å². The Morgan fingerprint density at radius 3 is 1.22 bits per heavy atom. The van der Waals surface area contributed by atoms with Gasteiger partial charge in [0.05, 0.1) is 32.3 Å². The third-order valence-electron chi connectivity index (χ3n) is 11.3. The molecule has 2 unspecified atom stereocenters. The van der Waals surface area contributed by atoms with Crippen LogP contribution in [0.5, 0.6) is 0 Å². The highest BCUT2D eigenvalue weighted by Crippen LogP contribution is 2.51. The number of carbonyl (C=O) groups is 2. The Bertz CT molecular complexity index is 1890. The molecule has 2 atom stereocenters. The summed E-state index contributed by atoms with van der Waals surface area (Å²) in [6.45, 7) is 23.7. The van der Waals surface area contributed by atoms with E-state index in [1.807, 2.05) is 32.5 Å². The molecule has 0 N–H and O–H groups in total. The molecule has 0 saturated carbocycles. The van der Waals surface area contributed by atoms with Crippen LogP contribution < -0.4 is 0 Å². The number of hydrogen-bond acceptors (Lipinski definition) is 6. The molecule has 8 heteroatoms. The van der Waals surface area contributed by atoms with Crippen LogP contribution in [0.3, 0.4) is 0 Å². The molecule has 6 rings (SSSR count). The molecule has 4 aromatic heterocycles. The predicted octanol–water partition coefficient (Wildman–Crippen LogP) is 14.4. The van der Waals surface area contributed by atoms with Crippen LogP contribution in [0.2, 0.25) is 0 Å². The van der Waals surface area contributed by atoms with Crippen LogP contribution in [-0.2, 0) is 9.59 Å². The number of unbranched alkanes of at least 4 members (excludes halogenated alkanes) is 2. The quantitative estimate of drug-likeness (QED) is 0.101. The van der Waals surface area contributed by atoms with Crippen molar-refractivity contribution in [3.8, 4) is 19.5 Å². The fourth-order valence-electron chi connectivity index (χ4n) is 8.18. The SMILES string of the molecule is CCCCC(CC)CN1C(=O)C2=C(c3ccc(-c4cc(C)c(C(C)C)s4)s3)N(CC(CC)CCCC)C(=O)C2=C1c1ccc(-c2cc(C)c(C(C)C)s2)s1. The summed E-state index contributed by atoms with van der Waals surface area (Å²) in [5.74, 6) is 1.68. The van der Waals surface area contributed by atoms with Crippen LogP contribution in [-0.4, -0.2) is 34.7 Å². The first-order valence-corrected chi connectivity index (χ1v) is 23.7. The molecule has 6 heterocycles. The van der Waals surface area contributed by atoms with E-state index >= 15 is 9.59 Å². The van der Waals surface area contributed by atoms with E-state index in [1.165, 1.54) is 40.4 Å². The first-order chi connectivity index (χ1) is 25.9. The van der Waals surface area contributed by atoms with Gasteiger partial charge in [-0.2, -0.15) is 0 Å². The number of fused-ring (bicyclic) bond motifs is 1. The molecular weight excluding hydrogens is 741 g/mol. The number of amides is 2. The summed E-state index contributed by atoms with van der Waals surface area (Å²) in [6.07, 6.45) is 8.71. The predicted molar refractivity (Wildman–Crippen MR) is 237 cm³/mol. The van der Waals surface area contributed by atoms with Gasteiger partial charge in [0.25, 0.3) is 11.8 Å². The summed E-state index contributed by atoms with van der Waals surface area (Å²) in [7, 11) is 0. The van der Waals surface area contributed by atoms with Gasteiger partial charge in [-0.3, -0.25) is 9.59 Å². The molecule has 2 aliphatic rings. The molecule has 0 aliphatic carbocycles. The lowest BCUT2D eigenvalue weighted by atomic mass is 9.98. The molecule has 0 spiro atoms. The lowest BCUT2D eigenvalue weighted by Gasteiger charge is -2.29. The van der Waals surface area contributed by atoms with Gasteiger partial charge in [-0.1, -0.05) is 93.9 Å². The summed E-state index contributed by atoms with van der Waals surface area (Å²) in [4.78, 5) is 44.1. The normalized spacial score (nSPS) is 16.0. The van der Waals surface area contributed by atoms with E-state index in [2.05, 4.69) is 106 Å². The van der Waals surface area contributed by atoms with Crippen molar-refractivity contribution in [3.05, 3.63) is 78.2 Å². The van der Waals surface area contributed by atoms with Crippen LogP contribution in [0.15, 0.2) is 47.5 Å². The number of aryl methyl sites for hydroxylation is 2. The molecular formula is C46H60N2O2S4. The molecule has 0 bridgehead atoms. The van der Waals surface area contributed by atoms with E-state index in [0.717, 1.165) is 72.5 Å². The van der Waals surface area contributed by atoms with Gasteiger partial charge < -0.3 is 9.80 Å². The summed E-state index contributed by atoms with van der Waals surface area (Å²) in [6, 6.07) is 13.4. The summed E-state index contributed by atoms with van der Waals surface area (Å²) in [5, 5.41) is 0. The smallest absolute Gasteiger partial charge is 0.261 e. The zero-order valence-corrected chi connectivity index (χ0v) is 37.5. The maximum absolute atomic E-state index is 15.2. The van der Waals surface area contributed by atoms with Crippen molar-refractivity contribution in [2.75, 3.05) is 13.1 Å².